The van der Waals surface area contributed by atoms with Gasteiger partial charge in [0.15, 0.2) is 5.78 Å². The number of thiazole rings is 1. The number of hydrogen-bond acceptors (Lipinski definition) is 4. The highest BCUT2D eigenvalue weighted by atomic mass is 32.1. The molecule has 4 heteroatoms. The van der Waals surface area contributed by atoms with Gasteiger partial charge in [-0.25, -0.2) is 4.98 Å². The number of carbonyl (C=O) groups is 1. The molecule has 1 atom stereocenters. The lowest BCUT2D eigenvalue weighted by atomic mass is 10.1. The summed E-state index contributed by atoms with van der Waals surface area (Å²) >= 11 is 6.16. The molecule has 1 aromatic heterocycles. The van der Waals surface area contributed by atoms with Gasteiger partial charge in [-0.05, 0) is 25.0 Å². The minimum atomic E-state index is -0.621. The van der Waals surface area contributed by atoms with Crippen molar-refractivity contribution in [3.8, 4) is 0 Å². The van der Waals surface area contributed by atoms with Crippen molar-refractivity contribution in [3.63, 3.8) is 0 Å². The van der Waals surface area contributed by atoms with E-state index in [2.05, 4.69) is 17.6 Å². The summed E-state index contributed by atoms with van der Waals surface area (Å²) in [5.41, 5.74) is 0.968. The Morgan fingerprint density at radius 3 is 2.88 bits per heavy atom. The predicted molar refractivity (Wildman–Crippen MR) is 69.1 cm³/mol. The summed E-state index contributed by atoms with van der Waals surface area (Å²) in [5.74, 6) is 0.217. The van der Waals surface area contributed by atoms with Crippen molar-refractivity contribution in [2.24, 2.45) is 0 Å². The zero-order valence-electron chi connectivity index (χ0n) is 8.64. The molecule has 1 aromatic carbocycles. The molecule has 0 saturated heterocycles. The molecule has 0 spiro atoms. The van der Waals surface area contributed by atoms with Gasteiger partial charge >= 0.3 is 0 Å². The van der Waals surface area contributed by atoms with E-state index < -0.39 is 4.75 Å². The SMILES string of the molecule is O=C1CCCC1(S)c1nc2ccccc2s1. The molecular weight excluding hydrogens is 238 g/mol. The van der Waals surface area contributed by atoms with Crippen molar-refractivity contribution in [1.29, 1.82) is 0 Å². The van der Waals surface area contributed by atoms with Crippen LogP contribution in [0, 0.1) is 0 Å². The Hall–Kier alpha value is -0.870. The van der Waals surface area contributed by atoms with Crippen LogP contribution >= 0.6 is 24.0 Å². The normalized spacial score (nSPS) is 25.4. The molecule has 1 aliphatic carbocycles. The molecule has 0 radical (unpaired) electrons. The summed E-state index contributed by atoms with van der Waals surface area (Å²) < 4.78 is 0.509. The largest absolute Gasteiger partial charge is 0.298 e. The van der Waals surface area contributed by atoms with E-state index >= 15 is 0 Å². The Bertz CT molecular complexity index is 530. The van der Waals surface area contributed by atoms with Crippen LogP contribution < -0.4 is 0 Å². The van der Waals surface area contributed by atoms with E-state index in [0.29, 0.717) is 6.42 Å². The summed E-state index contributed by atoms with van der Waals surface area (Å²) in [6.07, 6.45) is 2.38. The van der Waals surface area contributed by atoms with Gasteiger partial charge in [-0.3, -0.25) is 4.79 Å². The van der Waals surface area contributed by atoms with Gasteiger partial charge in [0.1, 0.15) is 9.75 Å². The first kappa shape index (κ1) is 10.3. The van der Waals surface area contributed by atoms with E-state index in [1.807, 2.05) is 24.3 Å². The van der Waals surface area contributed by atoms with Gasteiger partial charge in [-0.1, -0.05) is 12.1 Å². The number of Topliss-reactive ketones (excluding diaryl/α,β-unsaturated/α-hetero) is 1. The van der Waals surface area contributed by atoms with Crippen LogP contribution in [0.1, 0.15) is 24.3 Å². The summed E-state index contributed by atoms with van der Waals surface area (Å²) in [6, 6.07) is 7.97. The van der Waals surface area contributed by atoms with Crippen LogP contribution in [0.3, 0.4) is 0 Å². The molecule has 0 amide bonds. The number of nitrogens with zero attached hydrogens (tertiary/aromatic N) is 1. The van der Waals surface area contributed by atoms with E-state index in [9.17, 15) is 4.79 Å². The van der Waals surface area contributed by atoms with Crippen LogP contribution in [0.25, 0.3) is 10.2 Å². The fourth-order valence-electron chi connectivity index (χ4n) is 2.13. The van der Waals surface area contributed by atoms with E-state index in [1.54, 1.807) is 11.3 Å². The highest BCUT2D eigenvalue weighted by molar-refractivity contribution is 7.82. The van der Waals surface area contributed by atoms with Gasteiger partial charge < -0.3 is 0 Å². The molecule has 16 heavy (non-hydrogen) atoms. The highest BCUT2D eigenvalue weighted by Gasteiger charge is 2.42. The first-order valence-corrected chi connectivity index (χ1v) is 6.58. The Kier molecular flexibility index (Phi) is 2.30. The van der Waals surface area contributed by atoms with Gasteiger partial charge in [0.25, 0.3) is 0 Å². The minimum Gasteiger partial charge on any atom is -0.298 e. The zero-order valence-corrected chi connectivity index (χ0v) is 10.4. The third-order valence-electron chi connectivity index (χ3n) is 3.05. The van der Waals surface area contributed by atoms with Crippen LogP contribution in [-0.4, -0.2) is 10.8 Å². The number of aromatic nitrogens is 1. The first-order valence-electron chi connectivity index (χ1n) is 5.32. The molecule has 0 N–H and O–H groups in total. The second-order valence-electron chi connectivity index (χ2n) is 4.12. The number of carbonyl (C=O) groups excluding carboxylic acids is 1. The maximum atomic E-state index is 11.9. The fourth-order valence-corrected chi connectivity index (χ4v) is 3.69. The number of fused-ring (bicyclic) bond motifs is 1. The number of hydrogen-bond donors (Lipinski definition) is 1. The lowest BCUT2D eigenvalue weighted by Gasteiger charge is -2.16. The molecule has 1 unspecified atom stereocenters. The monoisotopic (exact) mass is 249 g/mol. The summed E-state index contributed by atoms with van der Waals surface area (Å²) in [6.45, 7) is 0. The van der Waals surface area contributed by atoms with Crippen molar-refractivity contribution in [2.45, 2.75) is 24.0 Å². The minimum absolute atomic E-state index is 0.217. The maximum absolute atomic E-state index is 11.9. The van der Waals surface area contributed by atoms with E-state index in [0.717, 1.165) is 28.1 Å². The number of rotatable bonds is 1. The summed E-state index contributed by atoms with van der Waals surface area (Å²) in [7, 11) is 0. The lowest BCUT2D eigenvalue weighted by molar-refractivity contribution is -0.119. The second-order valence-corrected chi connectivity index (χ2v) is 5.92. The third kappa shape index (κ3) is 1.40. The molecule has 1 aliphatic rings. The molecule has 0 aliphatic heterocycles. The predicted octanol–water partition coefficient (Wildman–Crippen LogP) is 3.17. The van der Waals surface area contributed by atoms with Crippen molar-refractivity contribution < 1.29 is 4.79 Å². The van der Waals surface area contributed by atoms with Crippen LogP contribution in [0.5, 0.6) is 0 Å². The van der Waals surface area contributed by atoms with Crippen LogP contribution in [0.2, 0.25) is 0 Å². The molecule has 2 aromatic rings. The average Bonchev–Trinajstić information content (AvgIpc) is 2.84. The van der Waals surface area contributed by atoms with Crippen molar-refractivity contribution in [3.05, 3.63) is 29.3 Å². The summed E-state index contributed by atoms with van der Waals surface area (Å²) in [5, 5.41) is 0.861. The number of para-hydroxylation sites is 1. The Morgan fingerprint density at radius 1 is 1.38 bits per heavy atom. The van der Waals surface area contributed by atoms with Crippen molar-refractivity contribution >= 4 is 40.0 Å². The number of thiol groups is 1. The Balaban J connectivity index is 2.15. The molecule has 1 heterocycles. The van der Waals surface area contributed by atoms with E-state index in [1.165, 1.54) is 0 Å². The van der Waals surface area contributed by atoms with Crippen LogP contribution in [0.4, 0.5) is 0 Å². The molecule has 1 saturated carbocycles. The molecule has 2 nitrogen and oxygen atoms in total. The Morgan fingerprint density at radius 2 is 2.19 bits per heavy atom. The topological polar surface area (TPSA) is 30.0 Å². The molecule has 0 bridgehead atoms. The highest BCUT2D eigenvalue weighted by Crippen LogP contribution is 2.44. The fraction of sp³-hybridized carbons (Fsp3) is 0.333. The third-order valence-corrected chi connectivity index (χ3v) is 5.09. The lowest BCUT2D eigenvalue weighted by Crippen LogP contribution is -2.23. The Labute approximate surface area is 103 Å². The van der Waals surface area contributed by atoms with Gasteiger partial charge in [-0.15, -0.1) is 11.3 Å². The van der Waals surface area contributed by atoms with Gasteiger partial charge in [0, 0.05) is 6.42 Å². The average molecular weight is 249 g/mol. The van der Waals surface area contributed by atoms with Crippen LogP contribution in [0.15, 0.2) is 24.3 Å². The molecular formula is C12H11NOS2. The standard InChI is InChI=1S/C12H11NOS2/c14-10-6-3-7-12(10,15)11-13-8-4-1-2-5-9(8)16-11/h1-2,4-5,15H,3,6-7H2. The summed E-state index contributed by atoms with van der Waals surface area (Å²) in [4.78, 5) is 16.4. The smallest absolute Gasteiger partial charge is 0.155 e. The quantitative estimate of drug-likeness (QED) is 0.787. The van der Waals surface area contributed by atoms with Gasteiger partial charge in [0.05, 0.1) is 10.2 Å². The molecule has 82 valence electrons. The van der Waals surface area contributed by atoms with Gasteiger partial charge in [0.2, 0.25) is 0 Å². The second kappa shape index (κ2) is 3.57. The van der Waals surface area contributed by atoms with Crippen molar-refractivity contribution in [1.82, 2.24) is 4.98 Å². The van der Waals surface area contributed by atoms with E-state index in [4.69, 9.17) is 0 Å². The molecule has 1 fully saturated rings. The zero-order chi connectivity index (χ0) is 11.2. The molecule has 3 rings (SSSR count). The number of benzene rings is 1. The van der Waals surface area contributed by atoms with Crippen molar-refractivity contribution in [2.75, 3.05) is 0 Å². The van der Waals surface area contributed by atoms with Crippen LogP contribution in [-0.2, 0) is 9.54 Å². The van der Waals surface area contributed by atoms with E-state index in [-0.39, 0.29) is 5.78 Å². The van der Waals surface area contributed by atoms with Gasteiger partial charge in [-0.2, -0.15) is 12.6 Å². The number of ketones is 1. The first-order chi connectivity index (χ1) is 7.70. The maximum Gasteiger partial charge on any atom is 0.155 e.